The monoisotopic (exact) mass is 244 g/mol. The minimum absolute atomic E-state index is 0.691. The van der Waals surface area contributed by atoms with Crippen molar-refractivity contribution >= 4 is 28.9 Å². The van der Waals surface area contributed by atoms with Crippen molar-refractivity contribution in [1.29, 1.82) is 0 Å². The van der Waals surface area contributed by atoms with Crippen molar-refractivity contribution < 1.29 is 0 Å². The first kappa shape index (κ1) is 12.4. The van der Waals surface area contributed by atoms with E-state index in [1.165, 1.54) is 11.5 Å². The molecule has 0 atom stereocenters. The molecular weight excluding hydrogens is 228 g/mol. The zero-order valence-electron chi connectivity index (χ0n) is 8.75. The maximum atomic E-state index is 4.94. The van der Waals surface area contributed by atoms with Gasteiger partial charge in [-0.05, 0) is 29.8 Å². The Morgan fingerprint density at radius 3 is 3.00 bits per heavy atom. The van der Waals surface area contributed by atoms with Crippen LogP contribution >= 0.6 is 23.8 Å². The molecule has 1 aromatic heterocycles. The maximum absolute atomic E-state index is 4.94. The van der Waals surface area contributed by atoms with Gasteiger partial charge < -0.3 is 16.0 Å². The number of hydrogen-bond acceptors (Lipinski definition) is 4. The molecule has 3 N–H and O–H groups in total. The van der Waals surface area contributed by atoms with E-state index in [9.17, 15) is 0 Å². The van der Waals surface area contributed by atoms with Crippen LogP contribution in [0.5, 0.6) is 0 Å². The molecule has 84 valence electrons. The van der Waals surface area contributed by atoms with Crippen molar-refractivity contribution in [1.82, 2.24) is 20.3 Å². The summed E-state index contributed by atoms with van der Waals surface area (Å²) in [5.41, 5.74) is 1.16. The average molecular weight is 244 g/mol. The predicted octanol–water partition coefficient (Wildman–Crippen LogP) is 0.369. The highest BCUT2D eigenvalue weighted by atomic mass is 32.1. The zero-order valence-corrected chi connectivity index (χ0v) is 10.4. The highest BCUT2D eigenvalue weighted by Gasteiger charge is 1.94. The van der Waals surface area contributed by atoms with Gasteiger partial charge in [-0.3, -0.25) is 0 Å². The molecular formula is C9H16N4S2. The third kappa shape index (κ3) is 5.66. The summed E-state index contributed by atoms with van der Waals surface area (Å²) >= 11 is 6.44. The molecule has 0 unspecified atom stereocenters. The van der Waals surface area contributed by atoms with Gasteiger partial charge in [0.05, 0.1) is 5.69 Å². The Morgan fingerprint density at radius 1 is 1.47 bits per heavy atom. The molecule has 0 amide bonds. The van der Waals surface area contributed by atoms with Crippen LogP contribution < -0.4 is 16.0 Å². The van der Waals surface area contributed by atoms with Crippen molar-refractivity contribution in [2.75, 3.05) is 26.7 Å². The van der Waals surface area contributed by atoms with E-state index in [-0.39, 0.29) is 0 Å². The van der Waals surface area contributed by atoms with E-state index in [4.69, 9.17) is 12.2 Å². The fourth-order valence-corrected chi connectivity index (χ4v) is 1.73. The minimum atomic E-state index is 0.691. The molecule has 4 nitrogen and oxygen atoms in total. The Hall–Kier alpha value is -0.720. The van der Waals surface area contributed by atoms with Crippen LogP contribution in [-0.4, -0.2) is 36.2 Å². The SMILES string of the molecule is CNC(=S)NCCNCCc1ccsn1. The van der Waals surface area contributed by atoms with Crippen LogP contribution in [0.2, 0.25) is 0 Å². The van der Waals surface area contributed by atoms with Gasteiger partial charge in [0.15, 0.2) is 5.11 Å². The number of nitrogens with one attached hydrogen (secondary N) is 3. The lowest BCUT2D eigenvalue weighted by atomic mass is 10.3. The molecule has 6 heteroatoms. The van der Waals surface area contributed by atoms with Gasteiger partial charge in [-0.2, -0.15) is 4.37 Å². The van der Waals surface area contributed by atoms with Crippen LogP contribution in [0.25, 0.3) is 0 Å². The van der Waals surface area contributed by atoms with E-state index >= 15 is 0 Å². The first-order chi connectivity index (χ1) is 7.33. The molecule has 0 spiro atoms. The molecule has 1 heterocycles. The van der Waals surface area contributed by atoms with Crippen molar-refractivity contribution in [2.45, 2.75) is 6.42 Å². The number of thiocarbonyl (C=S) groups is 1. The second kappa shape index (κ2) is 7.56. The fraction of sp³-hybridized carbons (Fsp3) is 0.556. The maximum Gasteiger partial charge on any atom is 0.166 e. The molecule has 0 saturated heterocycles. The van der Waals surface area contributed by atoms with Crippen molar-refractivity contribution in [3.8, 4) is 0 Å². The highest BCUT2D eigenvalue weighted by molar-refractivity contribution is 7.80. The summed E-state index contributed by atoms with van der Waals surface area (Å²) in [5, 5.41) is 11.9. The molecule has 0 aromatic carbocycles. The van der Waals surface area contributed by atoms with Crippen LogP contribution in [-0.2, 0) is 6.42 Å². The summed E-state index contributed by atoms with van der Waals surface area (Å²) in [7, 11) is 1.81. The van der Waals surface area contributed by atoms with Crippen LogP contribution in [0.1, 0.15) is 5.69 Å². The summed E-state index contributed by atoms with van der Waals surface area (Å²) in [6, 6.07) is 2.06. The molecule has 1 aromatic rings. The van der Waals surface area contributed by atoms with Crippen LogP contribution in [0, 0.1) is 0 Å². The van der Waals surface area contributed by atoms with Gasteiger partial charge in [-0.1, -0.05) is 0 Å². The normalized spacial score (nSPS) is 9.93. The van der Waals surface area contributed by atoms with Gasteiger partial charge in [-0.25, -0.2) is 0 Å². The second-order valence-electron chi connectivity index (χ2n) is 3.00. The summed E-state index contributed by atoms with van der Waals surface area (Å²) in [5.74, 6) is 0. The quantitative estimate of drug-likeness (QED) is 0.498. The molecule has 0 saturated carbocycles. The predicted molar refractivity (Wildman–Crippen MR) is 68.3 cm³/mol. The molecule has 0 aliphatic rings. The zero-order chi connectivity index (χ0) is 10.9. The van der Waals surface area contributed by atoms with Gasteiger partial charge in [-0.15, -0.1) is 0 Å². The van der Waals surface area contributed by atoms with E-state index in [2.05, 4.69) is 26.4 Å². The summed E-state index contributed by atoms with van der Waals surface area (Å²) in [4.78, 5) is 0. The van der Waals surface area contributed by atoms with Crippen LogP contribution in [0.4, 0.5) is 0 Å². The van der Waals surface area contributed by atoms with Gasteiger partial charge in [0.25, 0.3) is 0 Å². The fourth-order valence-electron chi connectivity index (χ4n) is 1.06. The van der Waals surface area contributed by atoms with E-state index in [0.717, 1.165) is 31.7 Å². The Bertz CT molecular complexity index is 274. The lowest BCUT2D eigenvalue weighted by Gasteiger charge is -2.07. The second-order valence-corrected chi connectivity index (χ2v) is 4.07. The largest absolute Gasteiger partial charge is 0.366 e. The van der Waals surface area contributed by atoms with Crippen LogP contribution in [0.15, 0.2) is 11.4 Å². The third-order valence-corrected chi connectivity index (χ3v) is 2.81. The van der Waals surface area contributed by atoms with Crippen LogP contribution in [0.3, 0.4) is 0 Å². The van der Waals surface area contributed by atoms with E-state index in [1.807, 2.05) is 12.4 Å². The van der Waals surface area contributed by atoms with Crippen molar-refractivity contribution in [3.05, 3.63) is 17.1 Å². The summed E-state index contributed by atoms with van der Waals surface area (Å²) in [6.45, 7) is 2.71. The minimum Gasteiger partial charge on any atom is -0.366 e. The van der Waals surface area contributed by atoms with Gasteiger partial charge in [0.2, 0.25) is 0 Å². The molecule has 15 heavy (non-hydrogen) atoms. The molecule has 0 aliphatic carbocycles. The third-order valence-electron chi connectivity index (χ3n) is 1.86. The van der Waals surface area contributed by atoms with E-state index < -0.39 is 0 Å². The Kier molecular flexibility index (Phi) is 6.22. The number of hydrogen-bond donors (Lipinski definition) is 3. The Labute approximate surface area is 99.6 Å². The van der Waals surface area contributed by atoms with Gasteiger partial charge in [0, 0.05) is 38.5 Å². The number of rotatable bonds is 6. The molecule has 0 radical (unpaired) electrons. The first-order valence-corrected chi connectivity index (χ1v) is 6.13. The van der Waals surface area contributed by atoms with E-state index in [0.29, 0.717) is 5.11 Å². The van der Waals surface area contributed by atoms with Crippen molar-refractivity contribution in [2.24, 2.45) is 0 Å². The molecule has 0 fully saturated rings. The van der Waals surface area contributed by atoms with Gasteiger partial charge in [0.1, 0.15) is 0 Å². The number of aromatic nitrogens is 1. The van der Waals surface area contributed by atoms with Gasteiger partial charge >= 0.3 is 0 Å². The molecule has 0 aliphatic heterocycles. The Morgan fingerprint density at radius 2 is 2.33 bits per heavy atom. The molecule has 0 bridgehead atoms. The summed E-state index contributed by atoms with van der Waals surface area (Å²) in [6.07, 6.45) is 0.986. The van der Waals surface area contributed by atoms with E-state index in [1.54, 1.807) is 0 Å². The lowest BCUT2D eigenvalue weighted by Crippen LogP contribution is -2.37. The average Bonchev–Trinajstić information content (AvgIpc) is 2.75. The summed E-state index contributed by atoms with van der Waals surface area (Å²) < 4.78 is 4.23. The van der Waals surface area contributed by atoms with Crippen molar-refractivity contribution in [3.63, 3.8) is 0 Å². The standard InChI is InChI=1S/C9H16N4S2/c1-10-9(14)12-6-5-11-4-2-8-3-7-15-13-8/h3,7,11H,2,4-6H2,1H3,(H2,10,12,14). The Balaban J connectivity index is 1.91. The number of nitrogens with zero attached hydrogens (tertiary/aromatic N) is 1. The smallest absolute Gasteiger partial charge is 0.166 e. The lowest BCUT2D eigenvalue weighted by molar-refractivity contribution is 0.664. The topological polar surface area (TPSA) is 49.0 Å². The highest BCUT2D eigenvalue weighted by Crippen LogP contribution is 1.98. The molecule has 1 rings (SSSR count). The first-order valence-electron chi connectivity index (χ1n) is 4.88.